The second kappa shape index (κ2) is 8.43. The topological polar surface area (TPSA) is 63.0 Å². The van der Waals surface area contributed by atoms with Gasteiger partial charge in [0.1, 0.15) is 5.58 Å². The zero-order valence-electron chi connectivity index (χ0n) is 18.6. The number of carbonyl (C=O) groups excluding carboxylic acids is 1. The summed E-state index contributed by atoms with van der Waals surface area (Å²) >= 11 is 0. The molecule has 1 aliphatic carbocycles. The van der Waals surface area contributed by atoms with E-state index >= 15 is 0 Å². The summed E-state index contributed by atoms with van der Waals surface area (Å²) in [5.41, 5.74) is 5.86. The summed E-state index contributed by atoms with van der Waals surface area (Å²) in [5.74, 6) is -0.319. The van der Waals surface area contributed by atoms with Crippen LogP contribution in [0, 0.1) is 0 Å². The second-order valence-corrected chi connectivity index (χ2v) is 8.87. The number of ether oxygens (including phenoxy) is 1. The van der Waals surface area contributed by atoms with Crippen molar-refractivity contribution in [2.24, 2.45) is 0 Å². The molecule has 1 unspecified atom stereocenters. The van der Waals surface area contributed by atoms with Crippen LogP contribution in [0.4, 0.5) is 5.69 Å². The van der Waals surface area contributed by atoms with Crippen molar-refractivity contribution in [2.45, 2.75) is 38.8 Å². The van der Waals surface area contributed by atoms with E-state index in [1.807, 2.05) is 24.3 Å². The molecule has 32 heavy (non-hydrogen) atoms. The average Bonchev–Trinajstić information content (AvgIpc) is 3.26. The molecule has 1 saturated heterocycles. The molecule has 0 spiro atoms. The van der Waals surface area contributed by atoms with Gasteiger partial charge in [-0.15, -0.1) is 0 Å². The van der Waals surface area contributed by atoms with Crippen molar-refractivity contribution >= 4 is 22.6 Å². The van der Waals surface area contributed by atoms with Gasteiger partial charge in [0, 0.05) is 49.4 Å². The second-order valence-electron chi connectivity index (χ2n) is 8.87. The fraction of sp³-hybridized carbons (Fsp3) is 0.385. The van der Waals surface area contributed by atoms with Crippen LogP contribution < -0.4 is 10.5 Å². The van der Waals surface area contributed by atoms with E-state index in [1.165, 1.54) is 24.7 Å². The number of fused-ring (bicyclic) bond motifs is 2. The number of aryl methyl sites for hydroxylation is 2. The lowest BCUT2D eigenvalue weighted by Gasteiger charge is -2.41. The molecule has 5 rings (SSSR count). The molecule has 2 heterocycles. The number of hydrogen-bond acceptors (Lipinski definition) is 6. The van der Waals surface area contributed by atoms with Gasteiger partial charge in [-0.25, -0.2) is 9.59 Å². The van der Waals surface area contributed by atoms with Crippen LogP contribution in [0.25, 0.3) is 11.0 Å². The summed E-state index contributed by atoms with van der Waals surface area (Å²) in [6, 6.07) is 13.9. The maximum absolute atomic E-state index is 12.2. The number of carbonyl (C=O) groups is 1. The number of nitrogens with zero attached hydrogens (tertiary/aromatic N) is 2. The first-order chi connectivity index (χ1) is 15.5. The molecular weight excluding hydrogens is 404 g/mol. The molecule has 0 N–H and O–H groups in total. The third kappa shape index (κ3) is 3.91. The molecule has 1 fully saturated rings. The van der Waals surface area contributed by atoms with Crippen molar-refractivity contribution in [3.8, 4) is 0 Å². The number of rotatable bonds is 4. The van der Waals surface area contributed by atoms with Gasteiger partial charge in [0.25, 0.3) is 0 Å². The van der Waals surface area contributed by atoms with Gasteiger partial charge < -0.3 is 14.1 Å². The Morgan fingerprint density at radius 1 is 1.09 bits per heavy atom. The summed E-state index contributed by atoms with van der Waals surface area (Å²) in [6.45, 7) is 5.62. The fourth-order valence-electron chi connectivity index (χ4n) is 5.04. The largest absolute Gasteiger partial charge is 0.465 e. The lowest BCUT2D eigenvalue weighted by molar-refractivity contribution is 0.0600. The molecule has 1 aliphatic heterocycles. The monoisotopic (exact) mass is 432 g/mol. The van der Waals surface area contributed by atoms with Gasteiger partial charge in [-0.05, 0) is 79.3 Å². The first-order valence-electron chi connectivity index (χ1n) is 11.3. The zero-order chi connectivity index (χ0) is 22.2. The van der Waals surface area contributed by atoms with Crippen LogP contribution in [0.3, 0.4) is 0 Å². The van der Waals surface area contributed by atoms with E-state index in [-0.39, 0.29) is 11.6 Å². The number of piperazine rings is 1. The Bertz CT molecular complexity index is 1210. The van der Waals surface area contributed by atoms with Crippen LogP contribution >= 0.6 is 0 Å². The van der Waals surface area contributed by atoms with E-state index in [1.54, 1.807) is 6.07 Å². The highest BCUT2D eigenvalue weighted by atomic mass is 16.5. The maximum Gasteiger partial charge on any atom is 0.337 e. The Hall–Kier alpha value is -3.12. The van der Waals surface area contributed by atoms with Crippen LogP contribution in [0.2, 0.25) is 0 Å². The lowest BCUT2D eigenvalue weighted by Crippen LogP contribution is -2.51. The van der Waals surface area contributed by atoms with E-state index in [9.17, 15) is 9.59 Å². The molecule has 0 bridgehead atoms. The molecule has 3 aromatic rings. The van der Waals surface area contributed by atoms with E-state index in [0.29, 0.717) is 17.2 Å². The first kappa shape index (κ1) is 20.8. The van der Waals surface area contributed by atoms with E-state index < -0.39 is 0 Å². The van der Waals surface area contributed by atoms with Gasteiger partial charge in [-0.1, -0.05) is 0 Å². The Balaban J connectivity index is 1.33. The lowest BCUT2D eigenvalue weighted by atomic mass is 10.0. The van der Waals surface area contributed by atoms with Crippen LogP contribution in [0.5, 0.6) is 0 Å². The molecule has 166 valence electrons. The molecule has 1 aromatic heterocycles. The van der Waals surface area contributed by atoms with Crippen LogP contribution in [-0.2, 0) is 24.1 Å². The van der Waals surface area contributed by atoms with Gasteiger partial charge in [-0.2, -0.15) is 0 Å². The predicted octanol–water partition coefficient (Wildman–Crippen LogP) is 3.78. The molecule has 1 atom stereocenters. The Kier molecular flexibility index (Phi) is 5.47. The molecule has 6 nitrogen and oxygen atoms in total. The van der Waals surface area contributed by atoms with Crippen LogP contribution in [0.15, 0.2) is 51.7 Å². The summed E-state index contributed by atoms with van der Waals surface area (Å²) in [6.07, 6.45) is 3.34. The van der Waals surface area contributed by atoms with Crippen molar-refractivity contribution < 1.29 is 13.9 Å². The van der Waals surface area contributed by atoms with Crippen LogP contribution in [0.1, 0.15) is 40.4 Å². The number of hydrogen-bond donors (Lipinski definition) is 0. The smallest absolute Gasteiger partial charge is 0.337 e. The summed E-state index contributed by atoms with van der Waals surface area (Å²) in [5, 5.41) is 1.07. The maximum atomic E-state index is 12.2. The van der Waals surface area contributed by atoms with Gasteiger partial charge in [0.15, 0.2) is 0 Å². The highest BCUT2D eigenvalue weighted by molar-refractivity contribution is 5.89. The highest BCUT2D eigenvalue weighted by Gasteiger charge is 2.25. The van der Waals surface area contributed by atoms with Crippen molar-refractivity contribution in [2.75, 3.05) is 31.6 Å². The van der Waals surface area contributed by atoms with Crippen molar-refractivity contribution in [3.05, 3.63) is 75.1 Å². The van der Waals surface area contributed by atoms with E-state index in [2.05, 4.69) is 28.9 Å². The number of benzene rings is 2. The summed E-state index contributed by atoms with van der Waals surface area (Å²) < 4.78 is 10.3. The Morgan fingerprint density at radius 3 is 2.56 bits per heavy atom. The van der Waals surface area contributed by atoms with Gasteiger partial charge in [-0.3, -0.25) is 4.90 Å². The fourth-order valence-corrected chi connectivity index (χ4v) is 5.04. The van der Waals surface area contributed by atoms with Gasteiger partial charge in [0.05, 0.1) is 12.7 Å². The minimum absolute atomic E-state index is 0.276. The number of esters is 1. The molecule has 6 heteroatoms. The number of anilines is 1. The van der Waals surface area contributed by atoms with E-state index in [4.69, 9.17) is 9.15 Å². The standard InChI is InChI=1S/C26H28N2O4/c1-17-15-28(22-8-6-18(7-9-22)26(30)31-2)11-10-27(17)16-21-14-25(29)32-24-13-20-5-3-4-19(20)12-23(21)24/h6-9,12-14,17H,3-5,10-11,15-16H2,1-2H3. The normalized spacial score (nSPS) is 18.7. The molecule has 0 saturated carbocycles. The average molecular weight is 433 g/mol. The Labute approximate surface area is 187 Å². The third-order valence-electron chi connectivity index (χ3n) is 6.83. The highest BCUT2D eigenvalue weighted by Crippen LogP contribution is 2.30. The summed E-state index contributed by atoms with van der Waals surface area (Å²) in [7, 11) is 1.39. The third-order valence-corrected chi connectivity index (χ3v) is 6.83. The van der Waals surface area contributed by atoms with E-state index in [0.717, 1.165) is 55.7 Å². The van der Waals surface area contributed by atoms with Gasteiger partial charge >= 0.3 is 11.6 Å². The molecule has 2 aliphatic rings. The van der Waals surface area contributed by atoms with Crippen molar-refractivity contribution in [1.82, 2.24) is 4.90 Å². The van der Waals surface area contributed by atoms with Gasteiger partial charge in [0.2, 0.25) is 0 Å². The zero-order valence-corrected chi connectivity index (χ0v) is 18.6. The van der Waals surface area contributed by atoms with Crippen molar-refractivity contribution in [3.63, 3.8) is 0 Å². The van der Waals surface area contributed by atoms with Crippen molar-refractivity contribution in [1.29, 1.82) is 0 Å². The quantitative estimate of drug-likeness (QED) is 0.462. The number of methoxy groups -OCH3 is 1. The summed E-state index contributed by atoms with van der Waals surface area (Å²) in [4.78, 5) is 28.7. The predicted molar refractivity (Wildman–Crippen MR) is 124 cm³/mol. The minimum atomic E-state index is -0.319. The first-order valence-corrected chi connectivity index (χ1v) is 11.3. The minimum Gasteiger partial charge on any atom is -0.465 e. The molecule has 0 amide bonds. The molecule has 0 radical (unpaired) electrons. The Morgan fingerprint density at radius 2 is 1.84 bits per heavy atom. The SMILES string of the molecule is COC(=O)c1ccc(N2CCN(Cc3cc(=O)oc4cc5c(cc34)CCC5)C(C)C2)cc1. The van der Waals surface area contributed by atoms with Crippen LogP contribution in [-0.4, -0.2) is 43.7 Å². The molecule has 2 aromatic carbocycles. The molecular formula is C26H28N2O4.